The van der Waals surface area contributed by atoms with Gasteiger partial charge >= 0.3 is 0 Å². The van der Waals surface area contributed by atoms with Crippen LogP contribution < -0.4 is 5.32 Å². The molecule has 1 aliphatic carbocycles. The number of hydrogen-bond acceptors (Lipinski definition) is 6. The number of ether oxygens (including phenoxy) is 1. The van der Waals surface area contributed by atoms with Crippen molar-refractivity contribution in [2.45, 2.75) is 44.2 Å². The first kappa shape index (κ1) is 23.2. The second-order valence-corrected chi connectivity index (χ2v) is 9.92. The molecule has 0 unspecified atom stereocenters. The normalized spacial score (nSPS) is 18.7. The summed E-state index contributed by atoms with van der Waals surface area (Å²) in [7, 11) is 0. The van der Waals surface area contributed by atoms with Crippen molar-refractivity contribution >= 4 is 16.8 Å². The Morgan fingerprint density at radius 3 is 2.86 bits per heavy atom. The van der Waals surface area contributed by atoms with E-state index >= 15 is 4.39 Å². The number of pyridine rings is 3. The van der Waals surface area contributed by atoms with Crippen LogP contribution in [0.5, 0.6) is 0 Å². The zero-order valence-corrected chi connectivity index (χ0v) is 20.3. The van der Waals surface area contributed by atoms with Gasteiger partial charge in [0.15, 0.2) is 5.82 Å². The number of hydrogen-bond donors (Lipinski definition) is 1. The topological polar surface area (TPSA) is 101 Å². The van der Waals surface area contributed by atoms with Gasteiger partial charge in [0.2, 0.25) is 0 Å². The van der Waals surface area contributed by atoms with Gasteiger partial charge in [-0.05, 0) is 61.2 Å². The van der Waals surface area contributed by atoms with Gasteiger partial charge in [-0.2, -0.15) is 5.26 Å². The van der Waals surface area contributed by atoms with E-state index in [1.165, 1.54) is 0 Å². The number of nitrogens with zero attached hydrogens (tertiary/aromatic N) is 4. The van der Waals surface area contributed by atoms with E-state index in [4.69, 9.17) is 4.74 Å². The van der Waals surface area contributed by atoms with E-state index in [9.17, 15) is 10.1 Å². The highest BCUT2D eigenvalue weighted by Crippen LogP contribution is 2.42. The molecule has 37 heavy (non-hydrogen) atoms. The molecule has 4 heterocycles. The minimum Gasteiger partial charge on any atom is -0.375 e. The van der Waals surface area contributed by atoms with Gasteiger partial charge in [-0.25, -0.2) is 4.39 Å². The van der Waals surface area contributed by atoms with Crippen molar-refractivity contribution in [3.63, 3.8) is 0 Å². The minimum atomic E-state index is -0.789. The van der Waals surface area contributed by atoms with Crippen LogP contribution >= 0.6 is 0 Å². The summed E-state index contributed by atoms with van der Waals surface area (Å²) >= 11 is 0. The Bertz CT molecular complexity index is 1590. The van der Waals surface area contributed by atoms with E-state index in [2.05, 4.69) is 26.3 Å². The van der Waals surface area contributed by atoms with Gasteiger partial charge in [0, 0.05) is 40.4 Å². The van der Waals surface area contributed by atoms with Gasteiger partial charge in [0.25, 0.3) is 5.91 Å². The standard InChI is InChI=1S/C29H24FN5O2/c1-29(15-31)16-37-14-19-5-4-18(10-24(19)29)28(36)35-12-22-9-20-8-21(11-34-25(20)13-33-22)23-6-7-32-27(26(23)30)17-2-3-17/h4-11,13,17H,2-3,12,14,16H2,1H3,(H,35,36)/t29-/m1/s1. The Morgan fingerprint density at radius 2 is 2.05 bits per heavy atom. The van der Waals surface area contributed by atoms with Crippen molar-refractivity contribution in [2.75, 3.05) is 6.61 Å². The van der Waals surface area contributed by atoms with Crippen LogP contribution in [0, 0.1) is 17.1 Å². The van der Waals surface area contributed by atoms with Crippen molar-refractivity contribution < 1.29 is 13.9 Å². The zero-order chi connectivity index (χ0) is 25.6. The van der Waals surface area contributed by atoms with Crippen LogP contribution in [-0.4, -0.2) is 27.5 Å². The molecule has 1 aromatic carbocycles. The number of aromatic nitrogens is 3. The molecule has 4 aromatic rings. The van der Waals surface area contributed by atoms with Crippen molar-refractivity contribution in [3.05, 3.63) is 88.9 Å². The van der Waals surface area contributed by atoms with E-state index in [0.29, 0.717) is 46.8 Å². The highest BCUT2D eigenvalue weighted by atomic mass is 19.1. The van der Waals surface area contributed by atoms with Crippen LogP contribution in [0.3, 0.4) is 0 Å². The summed E-state index contributed by atoms with van der Waals surface area (Å²) in [5.74, 6) is -0.323. The van der Waals surface area contributed by atoms with Gasteiger partial charge < -0.3 is 10.1 Å². The monoisotopic (exact) mass is 493 g/mol. The molecular formula is C29H24FN5O2. The number of benzene rings is 1. The molecular weight excluding hydrogens is 469 g/mol. The van der Waals surface area contributed by atoms with Crippen LogP contribution in [-0.2, 0) is 23.3 Å². The van der Waals surface area contributed by atoms with Gasteiger partial charge in [-0.3, -0.25) is 19.7 Å². The molecule has 184 valence electrons. The lowest BCUT2D eigenvalue weighted by Crippen LogP contribution is -2.33. The van der Waals surface area contributed by atoms with Crippen LogP contribution in [0.2, 0.25) is 0 Å². The molecule has 1 atom stereocenters. The Morgan fingerprint density at radius 1 is 1.19 bits per heavy atom. The van der Waals surface area contributed by atoms with E-state index in [1.54, 1.807) is 36.8 Å². The highest BCUT2D eigenvalue weighted by molar-refractivity contribution is 5.94. The Kier molecular flexibility index (Phi) is 5.65. The molecule has 0 saturated heterocycles. The summed E-state index contributed by atoms with van der Waals surface area (Å²) in [6.45, 7) is 2.75. The lowest BCUT2D eigenvalue weighted by atomic mass is 9.79. The van der Waals surface area contributed by atoms with Crippen LogP contribution in [0.1, 0.15) is 58.6 Å². The first-order valence-electron chi connectivity index (χ1n) is 12.3. The molecule has 2 aliphatic rings. The van der Waals surface area contributed by atoms with E-state index in [-0.39, 0.29) is 24.2 Å². The number of carbonyl (C=O) groups excluding carboxylic acids is 1. The van der Waals surface area contributed by atoms with Gasteiger partial charge in [-0.15, -0.1) is 0 Å². The number of amides is 1. The smallest absolute Gasteiger partial charge is 0.251 e. The van der Waals surface area contributed by atoms with Crippen LogP contribution in [0.15, 0.2) is 55.0 Å². The third-order valence-corrected chi connectivity index (χ3v) is 7.11. The number of halogens is 1. The predicted octanol–water partition coefficient (Wildman–Crippen LogP) is 4.95. The maximum absolute atomic E-state index is 15.1. The minimum absolute atomic E-state index is 0.212. The average molecular weight is 494 g/mol. The third-order valence-electron chi connectivity index (χ3n) is 7.11. The molecule has 1 aliphatic heterocycles. The maximum Gasteiger partial charge on any atom is 0.251 e. The fraction of sp³-hybridized carbons (Fsp3) is 0.276. The van der Waals surface area contributed by atoms with Crippen LogP contribution in [0.25, 0.3) is 22.0 Å². The Balaban J connectivity index is 1.22. The molecule has 0 bridgehead atoms. The summed E-state index contributed by atoms with van der Waals surface area (Å²) in [4.78, 5) is 26.0. The average Bonchev–Trinajstić information content (AvgIpc) is 3.77. The second-order valence-electron chi connectivity index (χ2n) is 9.92. The predicted molar refractivity (Wildman–Crippen MR) is 135 cm³/mol. The molecule has 1 saturated carbocycles. The second kappa shape index (κ2) is 9.02. The van der Waals surface area contributed by atoms with E-state index in [0.717, 1.165) is 29.4 Å². The lowest BCUT2D eigenvalue weighted by Gasteiger charge is -2.30. The fourth-order valence-corrected chi connectivity index (χ4v) is 4.81. The van der Waals surface area contributed by atoms with Crippen molar-refractivity contribution in [3.8, 4) is 17.2 Å². The molecule has 0 spiro atoms. The van der Waals surface area contributed by atoms with Crippen molar-refractivity contribution in [2.24, 2.45) is 0 Å². The summed E-state index contributed by atoms with van der Waals surface area (Å²) in [6, 6.07) is 13.1. The van der Waals surface area contributed by atoms with Crippen molar-refractivity contribution in [1.29, 1.82) is 5.26 Å². The largest absolute Gasteiger partial charge is 0.375 e. The van der Waals surface area contributed by atoms with Crippen molar-refractivity contribution in [1.82, 2.24) is 20.3 Å². The number of fused-ring (bicyclic) bond motifs is 2. The SMILES string of the molecule is C[C@@]1(C#N)COCc2ccc(C(=O)NCc3cc4cc(-c5ccnc(C6CC6)c5F)cnc4cn3)cc21. The number of rotatable bonds is 5. The molecule has 1 N–H and O–H groups in total. The van der Waals surface area contributed by atoms with Gasteiger partial charge in [-0.1, -0.05) is 6.07 Å². The van der Waals surface area contributed by atoms with Gasteiger partial charge in [0.05, 0.1) is 48.9 Å². The third kappa shape index (κ3) is 4.32. The zero-order valence-electron chi connectivity index (χ0n) is 20.3. The van der Waals surface area contributed by atoms with Crippen LogP contribution in [0.4, 0.5) is 4.39 Å². The molecule has 7 nitrogen and oxygen atoms in total. The maximum atomic E-state index is 15.1. The molecule has 1 fully saturated rings. The quantitative estimate of drug-likeness (QED) is 0.422. The highest BCUT2D eigenvalue weighted by Gasteiger charge is 2.33. The Labute approximate surface area is 213 Å². The van der Waals surface area contributed by atoms with Gasteiger partial charge in [0.1, 0.15) is 5.41 Å². The van der Waals surface area contributed by atoms with E-state index in [1.807, 2.05) is 25.1 Å². The first-order valence-corrected chi connectivity index (χ1v) is 12.3. The lowest BCUT2D eigenvalue weighted by molar-refractivity contribution is 0.0757. The summed E-state index contributed by atoms with van der Waals surface area (Å²) < 4.78 is 20.6. The Hall–Kier alpha value is -4.22. The summed E-state index contributed by atoms with van der Waals surface area (Å²) in [5, 5.41) is 13.4. The molecule has 0 radical (unpaired) electrons. The number of nitrogens with one attached hydrogen (secondary N) is 1. The fourth-order valence-electron chi connectivity index (χ4n) is 4.81. The molecule has 8 heteroatoms. The molecule has 3 aromatic heterocycles. The summed E-state index contributed by atoms with van der Waals surface area (Å²) in [5.41, 5.74) is 4.46. The number of nitriles is 1. The molecule has 1 amide bonds. The van der Waals surface area contributed by atoms with E-state index < -0.39 is 5.41 Å². The number of carbonyl (C=O) groups is 1. The molecule has 6 rings (SSSR count). The first-order chi connectivity index (χ1) is 17.9. The summed E-state index contributed by atoms with van der Waals surface area (Å²) in [6.07, 6.45) is 6.90.